The summed E-state index contributed by atoms with van der Waals surface area (Å²) in [6.45, 7) is 14.6. The quantitative estimate of drug-likeness (QED) is 0.325. The second-order valence-electron chi connectivity index (χ2n) is 8.78. The molecule has 2 aromatic carbocycles. The zero-order valence-electron chi connectivity index (χ0n) is 22.6. The summed E-state index contributed by atoms with van der Waals surface area (Å²) in [6.07, 6.45) is 3.21. The number of halogens is 3. The summed E-state index contributed by atoms with van der Waals surface area (Å²) in [4.78, 5) is 16.5. The first-order valence-electron chi connectivity index (χ1n) is 12.8. The van der Waals surface area contributed by atoms with Crippen LogP contribution < -0.4 is 0 Å². The van der Waals surface area contributed by atoms with Crippen LogP contribution in [0.2, 0.25) is 10.0 Å². The van der Waals surface area contributed by atoms with Gasteiger partial charge in [-0.25, -0.2) is 9.18 Å². The fraction of sp³-hybridized carbons (Fsp3) is 0.379. The Labute approximate surface area is 235 Å². The van der Waals surface area contributed by atoms with Crippen LogP contribution in [-0.2, 0) is 13.0 Å². The van der Waals surface area contributed by atoms with E-state index in [1.165, 1.54) is 11.8 Å². The topological polar surface area (TPSA) is 61.6 Å². The van der Waals surface area contributed by atoms with Crippen molar-refractivity contribution in [3.63, 3.8) is 0 Å². The average Bonchev–Trinajstić information content (AvgIpc) is 3.29. The van der Waals surface area contributed by atoms with Crippen LogP contribution >= 0.6 is 23.2 Å². The van der Waals surface area contributed by atoms with E-state index < -0.39 is 0 Å². The fourth-order valence-corrected chi connectivity index (χ4v) is 4.29. The maximum absolute atomic E-state index is 13.8. The molecule has 6 nitrogen and oxygen atoms in total. The molecule has 1 saturated heterocycles. The first kappa shape index (κ1) is 31.3. The number of aromatic nitrogens is 2. The molecule has 1 amide bonds. The number of carbonyl (C=O) groups is 1. The average molecular weight is 564 g/mol. The van der Waals surface area contributed by atoms with Gasteiger partial charge in [-0.05, 0) is 48.7 Å². The molecule has 0 spiro atoms. The Balaban J connectivity index is 0.000000428. The zero-order chi connectivity index (χ0) is 28.2. The Hall–Kier alpha value is -2.87. The van der Waals surface area contributed by atoms with Crippen molar-refractivity contribution in [2.45, 2.75) is 47.1 Å². The van der Waals surface area contributed by atoms with Gasteiger partial charge in [0.05, 0.1) is 11.2 Å². The first-order valence-corrected chi connectivity index (χ1v) is 13.6. The third-order valence-corrected chi connectivity index (χ3v) is 6.28. The lowest BCUT2D eigenvalue weighted by atomic mass is 10.1. The largest absolute Gasteiger partial charge is 0.506 e. The van der Waals surface area contributed by atoms with Crippen molar-refractivity contribution in [3.8, 4) is 0 Å². The van der Waals surface area contributed by atoms with Crippen LogP contribution in [0.25, 0.3) is 5.76 Å². The van der Waals surface area contributed by atoms with Crippen LogP contribution in [0, 0.1) is 12.7 Å². The zero-order valence-corrected chi connectivity index (χ0v) is 24.1. The fourth-order valence-electron chi connectivity index (χ4n) is 3.92. The van der Waals surface area contributed by atoms with Crippen LogP contribution in [-0.4, -0.2) is 56.9 Å². The normalized spacial score (nSPS) is 13.2. The van der Waals surface area contributed by atoms with E-state index in [0.717, 1.165) is 33.7 Å². The molecule has 4 rings (SSSR count). The molecule has 3 aromatic rings. The highest BCUT2D eigenvalue weighted by Gasteiger charge is 2.24. The van der Waals surface area contributed by atoms with Gasteiger partial charge < -0.3 is 10.0 Å². The number of aliphatic hydroxyl groups is 1. The molecule has 38 heavy (non-hydrogen) atoms. The lowest BCUT2D eigenvalue weighted by Gasteiger charge is -2.34. The molecular weight excluding hydrogens is 526 g/mol. The molecule has 1 aromatic heterocycles. The number of aliphatic hydroxyl groups excluding tert-OH is 1. The number of rotatable bonds is 5. The van der Waals surface area contributed by atoms with Crippen molar-refractivity contribution in [2.75, 3.05) is 26.2 Å². The van der Waals surface area contributed by atoms with E-state index in [0.29, 0.717) is 32.7 Å². The Morgan fingerprint density at radius 3 is 2.18 bits per heavy atom. The van der Waals surface area contributed by atoms with Crippen LogP contribution in [0.5, 0.6) is 0 Å². The Kier molecular flexibility index (Phi) is 12.8. The maximum Gasteiger partial charge on any atom is 0.344 e. The van der Waals surface area contributed by atoms with E-state index in [2.05, 4.69) is 29.6 Å². The van der Waals surface area contributed by atoms with Crippen LogP contribution in [0.4, 0.5) is 9.18 Å². The molecular formula is C29H37Cl2FN4O2. The van der Waals surface area contributed by atoms with Crippen molar-refractivity contribution >= 4 is 35.0 Å². The summed E-state index contributed by atoms with van der Waals surface area (Å²) < 4.78 is 15.0. The lowest BCUT2D eigenvalue weighted by Crippen LogP contribution is -2.49. The Morgan fingerprint density at radius 2 is 1.66 bits per heavy atom. The minimum absolute atomic E-state index is 0.0997. The monoisotopic (exact) mass is 562 g/mol. The molecule has 0 atom stereocenters. The van der Waals surface area contributed by atoms with Gasteiger partial charge in [0.1, 0.15) is 17.3 Å². The summed E-state index contributed by atoms with van der Waals surface area (Å²) in [5, 5.41) is 14.4. The second-order valence-corrected chi connectivity index (χ2v) is 9.62. The molecule has 0 radical (unpaired) electrons. The summed E-state index contributed by atoms with van der Waals surface area (Å²) in [7, 11) is 0. The van der Waals surface area contributed by atoms with Gasteiger partial charge in [-0.1, -0.05) is 80.7 Å². The number of nitrogens with zero attached hydrogens (tertiary/aromatic N) is 4. The van der Waals surface area contributed by atoms with Crippen molar-refractivity contribution in [1.82, 2.24) is 19.6 Å². The van der Waals surface area contributed by atoms with Crippen LogP contribution in [0.3, 0.4) is 0 Å². The third-order valence-electron chi connectivity index (χ3n) is 5.75. The van der Waals surface area contributed by atoms with Crippen molar-refractivity contribution < 1.29 is 14.3 Å². The number of carbonyl (C=O) groups excluding carboxylic acids is 1. The highest BCUT2D eigenvalue weighted by Crippen LogP contribution is 2.20. The van der Waals surface area contributed by atoms with Gasteiger partial charge in [0.25, 0.3) is 0 Å². The van der Waals surface area contributed by atoms with Crippen LogP contribution in [0.15, 0.2) is 55.2 Å². The molecule has 9 heteroatoms. The van der Waals surface area contributed by atoms with Gasteiger partial charge in [-0.3, -0.25) is 4.90 Å². The Morgan fingerprint density at radius 1 is 1.05 bits per heavy atom. The Bertz CT molecular complexity index is 1170. The molecule has 0 aliphatic carbocycles. The molecule has 206 valence electrons. The summed E-state index contributed by atoms with van der Waals surface area (Å²) in [5.74, 6) is -0.481. The van der Waals surface area contributed by atoms with E-state index in [4.69, 9.17) is 23.2 Å². The van der Waals surface area contributed by atoms with Gasteiger partial charge in [-0.2, -0.15) is 9.78 Å². The van der Waals surface area contributed by atoms with Gasteiger partial charge in [0.2, 0.25) is 0 Å². The number of hydrogen-bond donors (Lipinski definition) is 1. The number of piperazine rings is 1. The predicted molar refractivity (Wildman–Crippen MR) is 154 cm³/mol. The van der Waals surface area contributed by atoms with Crippen molar-refractivity contribution in [3.05, 3.63) is 93.5 Å². The van der Waals surface area contributed by atoms with Crippen molar-refractivity contribution in [1.29, 1.82) is 0 Å². The van der Waals surface area contributed by atoms with Crippen LogP contribution in [0.1, 0.15) is 49.6 Å². The summed E-state index contributed by atoms with van der Waals surface area (Å²) in [5.41, 5.74) is 3.31. The molecule has 0 unspecified atom stereocenters. The number of benzene rings is 2. The summed E-state index contributed by atoms with van der Waals surface area (Å²) in [6, 6.07) is 12.7. The molecule has 1 aliphatic rings. The number of amides is 1. The SMILES string of the molecule is C=C(O)c1nn(C(=O)N2CCN(Cc3cc(F)cc(CCC)c3)CC2)cc1Cl.CC.Cc1ccc(Cl)cc1. The number of aryl methyl sites for hydroxylation is 2. The smallest absolute Gasteiger partial charge is 0.344 e. The van der Waals surface area contributed by atoms with Gasteiger partial charge in [-0.15, -0.1) is 0 Å². The van der Waals surface area contributed by atoms with E-state index in [1.807, 2.05) is 45.0 Å². The molecule has 1 fully saturated rings. The van der Waals surface area contributed by atoms with E-state index in [1.54, 1.807) is 17.0 Å². The van der Waals surface area contributed by atoms with E-state index in [-0.39, 0.29) is 28.3 Å². The first-order chi connectivity index (χ1) is 18.2. The molecule has 2 heterocycles. The van der Waals surface area contributed by atoms with Gasteiger partial charge in [0, 0.05) is 37.7 Å². The maximum atomic E-state index is 13.8. The standard InChI is InChI=1S/C20H24ClFN4O2.C7H7Cl.C2H6/c1-3-4-15-9-16(11-17(22)10-15)12-24-5-7-25(8-6-24)20(28)26-13-18(21)19(23-26)14(2)27;1-6-2-4-7(8)5-3-6;1-2/h9-11,13,27H,2-8,12H2,1H3;2-5H,1H3;1-2H3. The minimum atomic E-state index is -0.301. The minimum Gasteiger partial charge on any atom is -0.506 e. The molecule has 0 bridgehead atoms. The lowest BCUT2D eigenvalue weighted by molar-refractivity contribution is 0.134. The predicted octanol–water partition coefficient (Wildman–Crippen LogP) is 7.62. The summed E-state index contributed by atoms with van der Waals surface area (Å²) >= 11 is 11.6. The molecule has 1 N–H and O–H groups in total. The van der Waals surface area contributed by atoms with Gasteiger partial charge in [0.15, 0.2) is 0 Å². The molecule has 0 saturated carbocycles. The van der Waals surface area contributed by atoms with Crippen molar-refractivity contribution in [2.24, 2.45) is 0 Å². The third kappa shape index (κ3) is 9.46. The van der Waals surface area contributed by atoms with E-state index >= 15 is 0 Å². The molecule has 1 aliphatic heterocycles. The highest BCUT2D eigenvalue weighted by molar-refractivity contribution is 6.32. The number of hydrogen-bond acceptors (Lipinski definition) is 4. The second kappa shape index (κ2) is 15.5. The highest BCUT2D eigenvalue weighted by atomic mass is 35.5. The van der Waals surface area contributed by atoms with E-state index in [9.17, 15) is 14.3 Å². The van der Waals surface area contributed by atoms with Gasteiger partial charge >= 0.3 is 6.03 Å².